The van der Waals surface area contributed by atoms with Gasteiger partial charge in [-0.15, -0.1) is 6.58 Å². The Labute approximate surface area is 124 Å². The maximum Gasteiger partial charge on any atom is 1.00 e. The van der Waals surface area contributed by atoms with Crippen molar-refractivity contribution < 1.29 is 56.0 Å². The SMILES string of the molecule is C=CCC1=NCC[N+]1(CC(=O)O)C(C)O.[H-].[Na+].[OH-]. The van der Waals surface area contributed by atoms with E-state index >= 15 is 0 Å². The molecule has 2 unspecified atom stereocenters. The molecule has 0 fully saturated rings. The molecule has 0 aromatic heterocycles. The molecule has 1 aliphatic heterocycles. The minimum Gasteiger partial charge on any atom is -1.00 e. The van der Waals surface area contributed by atoms with Crippen LogP contribution in [0.25, 0.3) is 0 Å². The third-order valence-electron chi connectivity index (χ3n) is 2.77. The molecule has 17 heavy (non-hydrogen) atoms. The number of hydrogen-bond acceptors (Lipinski definition) is 4. The van der Waals surface area contributed by atoms with E-state index in [-0.39, 0.29) is 47.5 Å². The fourth-order valence-electron chi connectivity index (χ4n) is 1.95. The first-order valence-electron chi connectivity index (χ1n) is 4.94. The van der Waals surface area contributed by atoms with Crippen LogP contribution in [0.2, 0.25) is 0 Å². The summed E-state index contributed by atoms with van der Waals surface area (Å²) in [4.78, 5) is 15.1. The Morgan fingerprint density at radius 2 is 2.35 bits per heavy atom. The van der Waals surface area contributed by atoms with Crippen molar-refractivity contribution >= 4 is 11.8 Å². The number of hydrogen-bond donors (Lipinski definition) is 2. The van der Waals surface area contributed by atoms with Crippen molar-refractivity contribution in [2.45, 2.75) is 19.6 Å². The average Bonchev–Trinajstić information content (AvgIpc) is 2.49. The molecular formula is C10H19N2NaO4. The minimum atomic E-state index is -0.922. The van der Waals surface area contributed by atoms with E-state index < -0.39 is 12.2 Å². The van der Waals surface area contributed by atoms with Crippen molar-refractivity contribution in [1.82, 2.24) is 0 Å². The summed E-state index contributed by atoms with van der Waals surface area (Å²) in [7, 11) is 0. The van der Waals surface area contributed by atoms with Crippen LogP contribution in [0, 0.1) is 0 Å². The van der Waals surface area contributed by atoms with Gasteiger partial charge in [0.2, 0.25) is 5.84 Å². The zero-order valence-corrected chi connectivity index (χ0v) is 12.3. The number of aliphatic carboxylic acids is 1. The van der Waals surface area contributed by atoms with Gasteiger partial charge in [0.15, 0.2) is 12.8 Å². The molecule has 2 atom stereocenters. The Balaban J connectivity index is -0.000000750. The molecule has 1 aliphatic rings. The molecule has 1 heterocycles. The quantitative estimate of drug-likeness (QED) is 0.313. The number of carboxylic acids is 1. The Morgan fingerprint density at radius 3 is 2.76 bits per heavy atom. The summed E-state index contributed by atoms with van der Waals surface area (Å²) < 4.78 is 0.0430. The predicted molar refractivity (Wildman–Crippen MR) is 59.5 cm³/mol. The molecule has 0 aliphatic carbocycles. The zero-order chi connectivity index (χ0) is 11.5. The van der Waals surface area contributed by atoms with E-state index in [0.717, 1.165) is 0 Å². The maximum absolute atomic E-state index is 10.8. The third-order valence-corrected chi connectivity index (χ3v) is 2.77. The predicted octanol–water partition coefficient (Wildman–Crippen LogP) is -2.85. The first kappa shape index (κ1) is 19.1. The van der Waals surface area contributed by atoms with Gasteiger partial charge in [0, 0.05) is 6.92 Å². The average molecular weight is 254 g/mol. The normalized spacial score (nSPS) is 24.0. The molecule has 0 saturated heterocycles. The van der Waals surface area contributed by atoms with Gasteiger partial charge in [-0.25, -0.2) is 14.3 Å². The minimum absolute atomic E-state index is 0. The van der Waals surface area contributed by atoms with Crippen LogP contribution in [0.15, 0.2) is 17.6 Å². The summed E-state index contributed by atoms with van der Waals surface area (Å²) >= 11 is 0. The fraction of sp³-hybridized carbons (Fsp3) is 0.600. The van der Waals surface area contributed by atoms with Crippen molar-refractivity contribution in [3.8, 4) is 0 Å². The van der Waals surface area contributed by atoms with Gasteiger partial charge in [0.1, 0.15) is 6.54 Å². The maximum atomic E-state index is 10.8. The van der Waals surface area contributed by atoms with Crippen molar-refractivity contribution in [2.75, 3.05) is 19.6 Å². The first-order chi connectivity index (χ1) is 7.03. The number of quaternary nitrogens is 1. The van der Waals surface area contributed by atoms with Crippen LogP contribution in [0.4, 0.5) is 0 Å². The number of aliphatic hydroxyl groups excluding tert-OH is 1. The molecule has 3 N–H and O–H groups in total. The third kappa shape index (κ3) is 4.17. The molecule has 0 amide bonds. The van der Waals surface area contributed by atoms with E-state index in [1.807, 2.05) is 0 Å². The van der Waals surface area contributed by atoms with Crippen LogP contribution in [0.3, 0.4) is 0 Å². The van der Waals surface area contributed by atoms with Gasteiger partial charge in [-0.05, 0) is 0 Å². The Hall–Kier alpha value is -0.240. The van der Waals surface area contributed by atoms with E-state index in [1.54, 1.807) is 13.0 Å². The second kappa shape index (κ2) is 7.97. The monoisotopic (exact) mass is 254 g/mol. The smallest absolute Gasteiger partial charge is 1.00 e. The zero-order valence-electron chi connectivity index (χ0n) is 11.3. The molecular weight excluding hydrogens is 235 g/mol. The topological polar surface area (TPSA) is 99.9 Å². The van der Waals surface area contributed by atoms with Crippen molar-refractivity contribution in [3.63, 3.8) is 0 Å². The summed E-state index contributed by atoms with van der Waals surface area (Å²) in [5, 5.41) is 18.6. The largest absolute Gasteiger partial charge is 1.00 e. The van der Waals surface area contributed by atoms with Gasteiger partial charge < -0.3 is 17.1 Å². The van der Waals surface area contributed by atoms with Crippen LogP contribution < -0.4 is 29.6 Å². The number of carboxylic acid groups (broad SMARTS) is 1. The molecule has 7 heteroatoms. The fourth-order valence-corrected chi connectivity index (χ4v) is 1.95. The van der Waals surface area contributed by atoms with Gasteiger partial charge >= 0.3 is 35.5 Å². The second-order valence-corrected chi connectivity index (χ2v) is 3.73. The molecule has 0 spiro atoms. The van der Waals surface area contributed by atoms with Crippen LogP contribution in [-0.4, -0.2) is 57.8 Å². The number of carbonyl (C=O) groups is 1. The molecule has 6 nitrogen and oxygen atoms in total. The Bertz CT molecular complexity index is 312. The molecule has 94 valence electrons. The van der Waals surface area contributed by atoms with Gasteiger partial charge in [-0.1, -0.05) is 6.08 Å². The van der Waals surface area contributed by atoms with E-state index in [2.05, 4.69) is 11.6 Å². The molecule has 0 saturated carbocycles. The summed E-state index contributed by atoms with van der Waals surface area (Å²) in [6.07, 6.45) is 1.46. The molecule has 1 rings (SSSR count). The number of aliphatic hydroxyl groups is 1. The number of aliphatic imine (C=N–C) groups is 1. The first-order valence-corrected chi connectivity index (χ1v) is 4.94. The van der Waals surface area contributed by atoms with Crippen molar-refractivity contribution in [3.05, 3.63) is 12.7 Å². The van der Waals surface area contributed by atoms with Gasteiger partial charge in [-0.2, -0.15) is 0 Å². The number of amidine groups is 1. The summed E-state index contributed by atoms with van der Waals surface area (Å²) in [5.41, 5.74) is 0. The van der Waals surface area contributed by atoms with E-state index in [9.17, 15) is 9.90 Å². The van der Waals surface area contributed by atoms with E-state index in [0.29, 0.717) is 25.3 Å². The van der Waals surface area contributed by atoms with E-state index in [1.165, 1.54) is 0 Å². The molecule has 0 bridgehead atoms. The van der Waals surface area contributed by atoms with Crippen LogP contribution >= 0.6 is 0 Å². The van der Waals surface area contributed by atoms with Crippen molar-refractivity contribution in [1.29, 1.82) is 0 Å². The van der Waals surface area contributed by atoms with Crippen molar-refractivity contribution in [2.24, 2.45) is 4.99 Å². The molecule has 0 aromatic carbocycles. The van der Waals surface area contributed by atoms with Gasteiger partial charge in [0.25, 0.3) is 0 Å². The Kier molecular flexibility index (Phi) is 8.95. The number of nitrogens with zero attached hydrogens (tertiary/aromatic N) is 2. The van der Waals surface area contributed by atoms with Gasteiger partial charge in [0.05, 0.1) is 13.0 Å². The number of rotatable bonds is 5. The standard InChI is InChI=1S/C10H16N2O3.Na.H2O.H/c1-3-4-9-11-5-6-12(9,8(2)13)7-10(14)15;;;/h3,8,13H,1,4-7H2,2H3;;1H2;/q;+1;;-1. The Morgan fingerprint density at radius 1 is 1.76 bits per heavy atom. The van der Waals surface area contributed by atoms with Crippen LogP contribution in [0.5, 0.6) is 0 Å². The second-order valence-electron chi connectivity index (χ2n) is 3.73. The summed E-state index contributed by atoms with van der Waals surface area (Å²) in [6, 6.07) is 0. The molecule has 0 radical (unpaired) electrons. The summed E-state index contributed by atoms with van der Waals surface area (Å²) in [5.74, 6) is -0.211. The summed E-state index contributed by atoms with van der Waals surface area (Å²) in [6.45, 7) is 6.21. The van der Waals surface area contributed by atoms with Crippen LogP contribution in [0.1, 0.15) is 14.8 Å². The van der Waals surface area contributed by atoms with Crippen LogP contribution in [-0.2, 0) is 4.79 Å². The van der Waals surface area contributed by atoms with E-state index in [4.69, 9.17) is 5.11 Å². The van der Waals surface area contributed by atoms with Gasteiger partial charge in [-0.3, -0.25) is 0 Å². The molecule has 0 aromatic rings.